The van der Waals surface area contributed by atoms with E-state index in [1.807, 2.05) is 0 Å². The normalized spacial score (nSPS) is 41.2. The summed E-state index contributed by atoms with van der Waals surface area (Å²) in [4.78, 5) is 0. The highest BCUT2D eigenvalue weighted by Crippen LogP contribution is 2.40. The Balaban J connectivity index is 1.92. The molecule has 4 unspecified atom stereocenters. The second-order valence-electron chi connectivity index (χ2n) is 3.78. The molecule has 0 radical (unpaired) electrons. The second-order valence-corrected chi connectivity index (χ2v) is 3.78. The van der Waals surface area contributed by atoms with E-state index >= 15 is 0 Å². The Morgan fingerprint density at radius 2 is 2.42 bits per heavy atom. The monoisotopic (exact) mass is 168 g/mol. The van der Waals surface area contributed by atoms with Crippen LogP contribution in [-0.4, -0.2) is 18.3 Å². The molecule has 2 heteroatoms. The molecule has 0 spiro atoms. The van der Waals surface area contributed by atoms with Crippen LogP contribution in [0.5, 0.6) is 0 Å². The highest BCUT2D eigenvalue weighted by molar-refractivity contribution is 4.92. The number of ether oxygens (including phenoxy) is 2. The smallest absolute Gasteiger partial charge is 0.100 e. The molecule has 0 aromatic rings. The first-order chi connectivity index (χ1) is 5.81. The topological polar surface area (TPSA) is 18.5 Å². The molecular weight excluding hydrogens is 152 g/mol. The Bertz CT molecular complexity index is 179. The molecule has 0 N–H and O–H groups in total. The third-order valence-corrected chi connectivity index (χ3v) is 3.07. The van der Waals surface area contributed by atoms with Crippen molar-refractivity contribution in [2.45, 2.75) is 44.5 Å². The van der Waals surface area contributed by atoms with E-state index in [9.17, 15) is 0 Å². The Hall–Kier alpha value is -0.500. The van der Waals surface area contributed by atoms with Crippen LogP contribution in [0.3, 0.4) is 0 Å². The average molecular weight is 168 g/mol. The van der Waals surface area contributed by atoms with E-state index < -0.39 is 0 Å². The zero-order chi connectivity index (χ0) is 8.55. The van der Waals surface area contributed by atoms with Gasteiger partial charge >= 0.3 is 0 Å². The highest BCUT2D eigenvalue weighted by Gasteiger charge is 2.43. The fraction of sp³-hybridized carbons (Fsp3) is 0.800. The number of hydrogen-bond donors (Lipinski definition) is 0. The summed E-state index contributed by atoms with van der Waals surface area (Å²) >= 11 is 0. The highest BCUT2D eigenvalue weighted by atomic mass is 16.5. The van der Waals surface area contributed by atoms with Gasteiger partial charge in [-0.15, -0.1) is 0 Å². The zero-order valence-corrected chi connectivity index (χ0v) is 7.53. The largest absolute Gasteiger partial charge is 0.499 e. The second kappa shape index (κ2) is 3.09. The van der Waals surface area contributed by atoms with Crippen molar-refractivity contribution in [3.63, 3.8) is 0 Å². The standard InChI is InChI=1S/C10H16O2/c1-3-11-7(2)9-6-8-4-5-10(9)12-8/h3,7-10H,1,4-6H2,2H3. The molecule has 2 nitrogen and oxygen atoms in total. The van der Waals surface area contributed by atoms with Crippen molar-refractivity contribution >= 4 is 0 Å². The predicted molar refractivity (Wildman–Crippen MR) is 46.7 cm³/mol. The summed E-state index contributed by atoms with van der Waals surface area (Å²) < 4.78 is 11.1. The molecule has 2 saturated heterocycles. The van der Waals surface area contributed by atoms with Crippen molar-refractivity contribution in [1.82, 2.24) is 0 Å². The van der Waals surface area contributed by atoms with Gasteiger partial charge in [-0.2, -0.15) is 0 Å². The Morgan fingerprint density at radius 1 is 1.58 bits per heavy atom. The summed E-state index contributed by atoms with van der Waals surface area (Å²) in [7, 11) is 0. The minimum atomic E-state index is 0.276. The van der Waals surface area contributed by atoms with Crippen LogP contribution in [0.15, 0.2) is 12.8 Å². The lowest BCUT2D eigenvalue weighted by molar-refractivity contribution is 0.0429. The van der Waals surface area contributed by atoms with Gasteiger partial charge in [-0.3, -0.25) is 0 Å². The fourth-order valence-corrected chi connectivity index (χ4v) is 2.42. The molecule has 0 aromatic heterocycles. The molecule has 0 amide bonds. The van der Waals surface area contributed by atoms with Crippen LogP contribution in [-0.2, 0) is 9.47 Å². The summed E-state index contributed by atoms with van der Waals surface area (Å²) in [6.45, 7) is 5.68. The van der Waals surface area contributed by atoms with Crippen molar-refractivity contribution in [2.75, 3.05) is 0 Å². The van der Waals surface area contributed by atoms with Gasteiger partial charge < -0.3 is 9.47 Å². The van der Waals surface area contributed by atoms with Crippen LogP contribution >= 0.6 is 0 Å². The summed E-state index contributed by atoms with van der Waals surface area (Å²) in [6.07, 6.45) is 6.46. The maximum Gasteiger partial charge on any atom is 0.100 e. The minimum Gasteiger partial charge on any atom is -0.499 e. The van der Waals surface area contributed by atoms with E-state index in [0.717, 1.165) is 0 Å². The summed E-state index contributed by atoms with van der Waals surface area (Å²) in [5.74, 6) is 0.599. The number of rotatable bonds is 3. The first kappa shape index (κ1) is 8.11. The molecule has 68 valence electrons. The van der Waals surface area contributed by atoms with E-state index in [-0.39, 0.29) is 6.10 Å². The molecule has 12 heavy (non-hydrogen) atoms. The van der Waals surface area contributed by atoms with Gasteiger partial charge in [0.05, 0.1) is 18.5 Å². The van der Waals surface area contributed by atoms with Crippen LogP contribution in [0.1, 0.15) is 26.2 Å². The molecule has 0 aliphatic carbocycles. The lowest BCUT2D eigenvalue weighted by atomic mass is 9.86. The molecule has 4 atom stereocenters. The maximum atomic E-state index is 5.74. The quantitative estimate of drug-likeness (QED) is 0.601. The minimum absolute atomic E-state index is 0.276. The molecule has 0 aromatic carbocycles. The van der Waals surface area contributed by atoms with Crippen molar-refractivity contribution in [3.05, 3.63) is 12.8 Å². The Morgan fingerprint density at radius 3 is 2.92 bits per heavy atom. The molecule has 2 rings (SSSR count). The van der Waals surface area contributed by atoms with E-state index in [2.05, 4.69) is 13.5 Å². The van der Waals surface area contributed by atoms with Gasteiger partial charge in [0, 0.05) is 5.92 Å². The van der Waals surface area contributed by atoms with Gasteiger partial charge in [0.15, 0.2) is 0 Å². The molecule has 0 saturated carbocycles. The number of hydrogen-bond acceptors (Lipinski definition) is 2. The molecule has 2 aliphatic rings. The van der Waals surface area contributed by atoms with Crippen molar-refractivity contribution in [1.29, 1.82) is 0 Å². The van der Waals surface area contributed by atoms with Crippen LogP contribution in [0.4, 0.5) is 0 Å². The van der Waals surface area contributed by atoms with Crippen LogP contribution in [0.2, 0.25) is 0 Å². The first-order valence-corrected chi connectivity index (χ1v) is 4.73. The molecular formula is C10H16O2. The fourth-order valence-electron chi connectivity index (χ4n) is 2.42. The van der Waals surface area contributed by atoms with Gasteiger partial charge in [-0.25, -0.2) is 0 Å². The van der Waals surface area contributed by atoms with E-state index in [4.69, 9.17) is 9.47 Å². The van der Waals surface area contributed by atoms with Gasteiger partial charge in [0.25, 0.3) is 0 Å². The molecule has 2 fully saturated rings. The van der Waals surface area contributed by atoms with E-state index in [1.165, 1.54) is 25.5 Å². The van der Waals surface area contributed by atoms with E-state index in [0.29, 0.717) is 18.1 Å². The molecule has 2 aliphatic heterocycles. The van der Waals surface area contributed by atoms with Gasteiger partial charge in [-0.05, 0) is 26.2 Å². The van der Waals surface area contributed by atoms with Crippen LogP contribution in [0.25, 0.3) is 0 Å². The van der Waals surface area contributed by atoms with Gasteiger partial charge in [0.2, 0.25) is 0 Å². The first-order valence-electron chi connectivity index (χ1n) is 4.73. The number of fused-ring (bicyclic) bond motifs is 2. The summed E-state index contributed by atoms with van der Waals surface area (Å²) in [5, 5.41) is 0. The third-order valence-electron chi connectivity index (χ3n) is 3.07. The van der Waals surface area contributed by atoms with Crippen LogP contribution < -0.4 is 0 Å². The Kier molecular flexibility index (Phi) is 2.09. The summed E-state index contributed by atoms with van der Waals surface area (Å²) in [5.41, 5.74) is 0. The van der Waals surface area contributed by atoms with Gasteiger partial charge in [0.1, 0.15) is 6.10 Å². The maximum absolute atomic E-state index is 5.74. The van der Waals surface area contributed by atoms with Gasteiger partial charge in [-0.1, -0.05) is 6.58 Å². The average Bonchev–Trinajstić information content (AvgIpc) is 2.64. The molecule has 2 heterocycles. The van der Waals surface area contributed by atoms with E-state index in [1.54, 1.807) is 0 Å². The lowest BCUT2D eigenvalue weighted by Gasteiger charge is -2.24. The summed E-state index contributed by atoms with van der Waals surface area (Å²) in [6, 6.07) is 0. The predicted octanol–water partition coefficient (Wildman–Crippen LogP) is 2.10. The SMILES string of the molecule is C=COC(C)C1CC2CCC1O2. The third kappa shape index (κ3) is 1.24. The Labute approximate surface area is 73.5 Å². The van der Waals surface area contributed by atoms with Crippen molar-refractivity contribution < 1.29 is 9.47 Å². The molecule has 2 bridgehead atoms. The zero-order valence-electron chi connectivity index (χ0n) is 7.53. The lowest BCUT2D eigenvalue weighted by Crippen LogP contribution is -2.28. The van der Waals surface area contributed by atoms with Crippen molar-refractivity contribution in [3.8, 4) is 0 Å². The van der Waals surface area contributed by atoms with Crippen molar-refractivity contribution in [2.24, 2.45) is 5.92 Å². The van der Waals surface area contributed by atoms with Crippen LogP contribution in [0, 0.1) is 5.92 Å².